The third kappa shape index (κ3) is 8.13. The van der Waals surface area contributed by atoms with Gasteiger partial charge < -0.3 is 30.5 Å². The summed E-state index contributed by atoms with van der Waals surface area (Å²) in [5.41, 5.74) is 6.80. The van der Waals surface area contributed by atoms with Crippen LogP contribution in [-0.2, 0) is 20.4 Å². The molecule has 0 atom stereocenters. The first-order chi connectivity index (χ1) is 6.34. The second-order valence-electron chi connectivity index (χ2n) is 2.99. The Morgan fingerprint density at radius 3 is 2.25 bits per heavy atom. The molecule has 1 rings (SSSR count). The molecule has 0 radical (unpaired) electrons. The van der Waals surface area contributed by atoms with E-state index >= 15 is 0 Å². The van der Waals surface area contributed by atoms with Crippen LogP contribution in [0.1, 0.15) is 25.3 Å². The summed E-state index contributed by atoms with van der Waals surface area (Å²) in [6.45, 7) is 2.98. The molecule has 0 fully saturated rings. The van der Waals surface area contributed by atoms with Crippen molar-refractivity contribution in [3.63, 3.8) is 0 Å². The second-order valence-corrected chi connectivity index (χ2v) is 2.99. The van der Waals surface area contributed by atoms with E-state index in [2.05, 4.69) is 11.9 Å². The molecule has 0 aliphatic heterocycles. The van der Waals surface area contributed by atoms with E-state index in [1.807, 2.05) is 30.3 Å². The minimum atomic E-state index is 0. The molecule has 0 heterocycles. The average Bonchev–Trinajstić information content (AvgIpc) is 2.19. The summed E-state index contributed by atoms with van der Waals surface area (Å²) in [6.07, 6.45) is 2.26. The van der Waals surface area contributed by atoms with Gasteiger partial charge >= 0.3 is 20.4 Å². The molecule has 1 aromatic rings. The Hall–Kier alpha value is -0.0677. The first-order valence-electron chi connectivity index (χ1n) is 4.70. The van der Waals surface area contributed by atoms with Crippen LogP contribution in [0.5, 0.6) is 0 Å². The van der Waals surface area contributed by atoms with E-state index in [0.29, 0.717) is 5.84 Å². The molecule has 94 valence electrons. The van der Waals surface area contributed by atoms with E-state index < -0.39 is 0 Å². The van der Waals surface area contributed by atoms with Crippen LogP contribution in [0.15, 0.2) is 35.3 Å². The first-order valence-corrected chi connectivity index (χ1v) is 4.70. The van der Waals surface area contributed by atoms with Gasteiger partial charge in [-0.2, -0.15) is 0 Å². The molecule has 2 nitrogen and oxygen atoms in total. The fraction of sp³-hybridized carbons (Fsp3) is 0.364. The van der Waals surface area contributed by atoms with Crippen LogP contribution in [0.25, 0.3) is 0 Å². The average molecular weight is 354 g/mol. The number of hydrogen-bond acceptors (Lipinski definition) is 1. The zero-order valence-corrected chi connectivity index (χ0v) is 12.2. The second kappa shape index (κ2) is 13.0. The molecule has 0 aliphatic rings. The van der Waals surface area contributed by atoms with Crippen molar-refractivity contribution in [2.24, 2.45) is 10.7 Å². The monoisotopic (exact) mass is 352 g/mol. The topological polar surface area (TPSA) is 38.4 Å². The van der Waals surface area contributed by atoms with Crippen molar-refractivity contribution in [2.45, 2.75) is 19.8 Å². The Morgan fingerprint density at radius 2 is 1.75 bits per heavy atom. The van der Waals surface area contributed by atoms with Crippen LogP contribution in [0.2, 0.25) is 0 Å². The van der Waals surface area contributed by atoms with Crippen LogP contribution in [0, 0.1) is 0 Å². The maximum atomic E-state index is 5.79. The van der Waals surface area contributed by atoms with Crippen molar-refractivity contribution >= 4 is 5.84 Å². The Balaban J connectivity index is -0.000000563. The van der Waals surface area contributed by atoms with Gasteiger partial charge in [0.05, 0.1) is 0 Å². The molecule has 2 N–H and O–H groups in total. The van der Waals surface area contributed by atoms with Gasteiger partial charge in [-0.1, -0.05) is 43.7 Å². The van der Waals surface area contributed by atoms with Crippen LogP contribution >= 0.6 is 0 Å². The fourth-order valence-electron chi connectivity index (χ4n) is 1.06. The zero-order valence-electron chi connectivity index (χ0n) is 9.10. The number of aliphatic imine (C=N–C) groups is 1. The molecule has 0 aliphatic carbocycles. The summed E-state index contributed by atoms with van der Waals surface area (Å²) >= 11 is 0. The van der Waals surface area contributed by atoms with Crippen LogP contribution in [-0.4, -0.2) is 12.4 Å². The molecule has 0 aromatic heterocycles. The van der Waals surface area contributed by atoms with Crippen molar-refractivity contribution in [2.75, 3.05) is 6.54 Å². The van der Waals surface area contributed by atoms with E-state index in [0.717, 1.165) is 24.9 Å². The molecule has 0 saturated carbocycles. The summed E-state index contributed by atoms with van der Waals surface area (Å²) in [6, 6.07) is 9.87. The number of amidine groups is 1. The molecule has 0 unspecified atom stereocenters. The third-order valence-electron chi connectivity index (χ3n) is 1.86. The molecule has 5 heteroatoms. The number of nitrogens with two attached hydrogens (primary N) is 1. The maximum Gasteiger partial charge on any atom is 2.00 e. The standard InChI is InChI=1S/C11H16N2.2ClH.Pd/c1-2-3-9-13-11(12)10-7-5-4-6-8-10;;;/h4-8H,2-3,9H2,1H3,(H2,12,13);2*1H;/q;;;+2/p-2. The Labute approximate surface area is 124 Å². The molecule has 16 heavy (non-hydrogen) atoms. The molecule has 1 aromatic carbocycles. The van der Waals surface area contributed by atoms with Crippen molar-refractivity contribution < 1.29 is 45.2 Å². The summed E-state index contributed by atoms with van der Waals surface area (Å²) in [4.78, 5) is 4.28. The Morgan fingerprint density at radius 1 is 1.19 bits per heavy atom. The zero-order chi connectivity index (χ0) is 9.52. The number of unbranched alkanes of at least 4 members (excludes halogenated alkanes) is 1. The fourth-order valence-corrected chi connectivity index (χ4v) is 1.06. The van der Waals surface area contributed by atoms with E-state index in [-0.39, 0.29) is 45.2 Å². The predicted octanol–water partition coefficient (Wildman–Crippen LogP) is -3.80. The third-order valence-corrected chi connectivity index (χ3v) is 1.86. The van der Waals surface area contributed by atoms with Gasteiger partial charge in [-0.3, -0.25) is 4.99 Å². The Bertz CT molecular complexity index is 279. The quantitative estimate of drug-likeness (QED) is 0.256. The van der Waals surface area contributed by atoms with Crippen LogP contribution < -0.4 is 30.5 Å². The predicted molar refractivity (Wildman–Crippen MR) is 56.9 cm³/mol. The van der Waals surface area contributed by atoms with E-state index in [1.165, 1.54) is 0 Å². The van der Waals surface area contributed by atoms with Gasteiger partial charge in [0.1, 0.15) is 5.84 Å². The summed E-state index contributed by atoms with van der Waals surface area (Å²) in [7, 11) is 0. The van der Waals surface area contributed by atoms with Gasteiger partial charge in [0.2, 0.25) is 0 Å². The molecule has 0 spiro atoms. The Kier molecular flexibility index (Phi) is 17.3. The molecule has 0 bridgehead atoms. The van der Waals surface area contributed by atoms with Gasteiger partial charge in [0, 0.05) is 12.1 Å². The molecule has 0 saturated heterocycles. The van der Waals surface area contributed by atoms with E-state index in [9.17, 15) is 0 Å². The molecular formula is C11H16Cl2N2Pd. The number of hydrogen-bond donors (Lipinski definition) is 1. The summed E-state index contributed by atoms with van der Waals surface area (Å²) in [5, 5.41) is 0. The van der Waals surface area contributed by atoms with E-state index in [4.69, 9.17) is 5.73 Å². The minimum absolute atomic E-state index is 0. The number of halogens is 2. The SMILES string of the molecule is CCCCN=C(N)c1ccccc1.[Cl-].[Cl-].[Pd+2]. The van der Waals surface area contributed by atoms with Crippen LogP contribution in [0.3, 0.4) is 0 Å². The number of rotatable bonds is 4. The van der Waals surface area contributed by atoms with Crippen molar-refractivity contribution in [1.82, 2.24) is 0 Å². The first kappa shape index (κ1) is 21.2. The minimum Gasteiger partial charge on any atom is -1.00 e. The number of benzene rings is 1. The summed E-state index contributed by atoms with van der Waals surface area (Å²) in [5.74, 6) is 0.647. The van der Waals surface area contributed by atoms with E-state index in [1.54, 1.807) is 0 Å². The molecular weight excluding hydrogens is 337 g/mol. The number of nitrogens with zero attached hydrogens (tertiary/aromatic N) is 1. The normalized spacial score (nSPS) is 9.44. The van der Waals surface area contributed by atoms with Gasteiger partial charge in [0.15, 0.2) is 0 Å². The van der Waals surface area contributed by atoms with Crippen molar-refractivity contribution in [3.8, 4) is 0 Å². The smallest absolute Gasteiger partial charge is 1.00 e. The van der Waals surface area contributed by atoms with Gasteiger partial charge in [-0.25, -0.2) is 0 Å². The van der Waals surface area contributed by atoms with Gasteiger partial charge in [0.25, 0.3) is 0 Å². The van der Waals surface area contributed by atoms with Crippen molar-refractivity contribution in [3.05, 3.63) is 35.9 Å². The summed E-state index contributed by atoms with van der Waals surface area (Å²) < 4.78 is 0. The molecule has 0 amide bonds. The van der Waals surface area contributed by atoms with Crippen molar-refractivity contribution in [1.29, 1.82) is 0 Å². The largest absolute Gasteiger partial charge is 2.00 e. The van der Waals surface area contributed by atoms with Crippen LogP contribution in [0.4, 0.5) is 0 Å². The van der Waals surface area contributed by atoms with Gasteiger partial charge in [-0.15, -0.1) is 0 Å². The van der Waals surface area contributed by atoms with Gasteiger partial charge in [-0.05, 0) is 6.42 Å². The maximum absolute atomic E-state index is 5.79.